The Kier molecular flexibility index (Phi) is 2.04. The van der Waals surface area contributed by atoms with Gasteiger partial charge in [-0.3, -0.25) is 4.79 Å². The van der Waals surface area contributed by atoms with Crippen LogP contribution in [0.3, 0.4) is 0 Å². The first kappa shape index (κ1) is 9.60. The maximum Gasteiger partial charge on any atom is 0.179 e. The molecule has 1 aromatic carbocycles. The number of hydrogen-bond acceptors (Lipinski definition) is 1. The molecule has 2 nitrogen and oxygen atoms in total. The maximum atomic E-state index is 11.6. The number of H-pyrrole nitrogens is 1. The summed E-state index contributed by atoms with van der Waals surface area (Å²) in [7, 11) is 0. The summed E-state index contributed by atoms with van der Waals surface area (Å²) in [5.41, 5.74) is 2.98. The highest BCUT2D eigenvalue weighted by molar-refractivity contribution is 9.11. The van der Waals surface area contributed by atoms with E-state index in [1.807, 2.05) is 6.07 Å². The summed E-state index contributed by atoms with van der Waals surface area (Å²) in [4.78, 5) is 14.8. The van der Waals surface area contributed by atoms with Crippen LogP contribution in [0, 0.1) is 0 Å². The van der Waals surface area contributed by atoms with E-state index in [4.69, 9.17) is 0 Å². The van der Waals surface area contributed by atoms with Crippen molar-refractivity contribution in [2.24, 2.45) is 0 Å². The van der Waals surface area contributed by atoms with Crippen molar-refractivity contribution < 1.29 is 4.79 Å². The Morgan fingerprint density at radius 3 is 2.80 bits per heavy atom. The number of carbonyl (C=O) groups excluding carboxylic acids is 1. The molecule has 1 aliphatic rings. The zero-order valence-corrected chi connectivity index (χ0v) is 10.9. The molecule has 76 valence electrons. The monoisotopic (exact) mass is 327 g/mol. The topological polar surface area (TPSA) is 32.9 Å². The summed E-state index contributed by atoms with van der Waals surface area (Å²) < 4.78 is 2.03. The van der Waals surface area contributed by atoms with Crippen molar-refractivity contribution in [3.8, 4) is 0 Å². The van der Waals surface area contributed by atoms with E-state index in [1.54, 1.807) is 0 Å². The Labute approximate surface area is 103 Å². The van der Waals surface area contributed by atoms with Crippen LogP contribution in [0.1, 0.15) is 22.5 Å². The molecule has 0 spiro atoms. The number of rotatable bonds is 0. The van der Waals surface area contributed by atoms with Crippen molar-refractivity contribution in [1.29, 1.82) is 0 Å². The molecule has 1 aliphatic carbocycles. The van der Waals surface area contributed by atoms with Gasteiger partial charge in [0.2, 0.25) is 0 Å². The molecule has 0 aliphatic heterocycles. The lowest BCUT2D eigenvalue weighted by atomic mass is 10.1. The second-order valence-electron chi connectivity index (χ2n) is 3.71. The molecule has 2 aromatic rings. The van der Waals surface area contributed by atoms with Gasteiger partial charge in [0.05, 0.1) is 11.2 Å². The summed E-state index contributed by atoms with van der Waals surface area (Å²) in [5, 5.41) is 1.15. The number of ketones is 1. The second-order valence-corrected chi connectivity index (χ2v) is 5.48. The average Bonchev–Trinajstić information content (AvgIpc) is 2.68. The van der Waals surface area contributed by atoms with Gasteiger partial charge < -0.3 is 4.98 Å². The first-order valence-corrected chi connectivity index (χ1v) is 6.28. The minimum atomic E-state index is 0.226. The largest absolute Gasteiger partial charge is 0.351 e. The fourth-order valence-corrected chi connectivity index (χ4v) is 3.46. The van der Waals surface area contributed by atoms with E-state index in [9.17, 15) is 4.79 Å². The predicted octanol–water partition coefficient (Wildman–Crippen LogP) is 3.82. The van der Waals surface area contributed by atoms with Gasteiger partial charge in [0.1, 0.15) is 0 Å². The van der Waals surface area contributed by atoms with Gasteiger partial charge in [0, 0.05) is 20.8 Å². The molecule has 3 rings (SSSR count). The number of fused-ring (bicyclic) bond motifs is 3. The van der Waals surface area contributed by atoms with Gasteiger partial charge in [-0.15, -0.1) is 0 Å². The minimum absolute atomic E-state index is 0.226. The predicted molar refractivity (Wildman–Crippen MR) is 66.4 cm³/mol. The Morgan fingerprint density at radius 2 is 2.00 bits per heavy atom. The molecule has 0 bridgehead atoms. The molecule has 0 saturated heterocycles. The van der Waals surface area contributed by atoms with E-state index < -0.39 is 0 Å². The SMILES string of the molecule is O=C1CCc2c1[nH]c1c(Br)cc(Br)cc21. The number of aromatic nitrogens is 1. The average molecular weight is 329 g/mol. The highest BCUT2D eigenvalue weighted by Crippen LogP contribution is 2.35. The summed E-state index contributed by atoms with van der Waals surface area (Å²) in [6, 6.07) is 4.05. The van der Waals surface area contributed by atoms with Crippen LogP contribution in [0.5, 0.6) is 0 Å². The molecular weight excluding hydrogens is 322 g/mol. The van der Waals surface area contributed by atoms with Gasteiger partial charge in [-0.2, -0.15) is 0 Å². The van der Waals surface area contributed by atoms with Crippen molar-refractivity contribution in [1.82, 2.24) is 4.98 Å². The molecule has 0 saturated carbocycles. The lowest BCUT2D eigenvalue weighted by Crippen LogP contribution is -1.91. The van der Waals surface area contributed by atoms with E-state index in [-0.39, 0.29) is 5.78 Å². The van der Waals surface area contributed by atoms with Gasteiger partial charge in [0.15, 0.2) is 5.78 Å². The lowest BCUT2D eigenvalue weighted by Gasteiger charge is -1.98. The van der Waals surface area contributed by atoms with Crippen LogP contribution in [-0.4, -0.2) is 10.8 Å². The minimum Gasteiger partial charge on any atom is -0.351 e. The number of nitrogens with one attached hydrogen (secondary N) is 1. The third-order valence-electron chi connectivity index (χ3n) is 2.81. The molecule has 0 atom stereocenters. The third kappa shape index (κ3) is 1.31. The summed E-state index contributed by atoms with van der Waals surface area (Å²) in [6.45, 7) is 0. The fourth-order valence-electron chi connectivity index (χ4n) is 2.13. The number of aromatic amines is 1. The lowest BCUT2D eigenvalue weighted by molar-refractivity contribution is 0.0991. The number of carbonyl (C=O) groups is 1. The van der Waals surface area contributed by atoms with Crippen molar-refractivity contribution in [2.45, 2.75) is 12.8 Å². The zero-order chi connectivity index (χ0) is 10.6. The Bertz CT molecular complexity index is 586. The standard InChI is InChI=1S/C11H7Br2NO/c12-5-3-7-6-1-2-9(15)11(6)14-10(7)8(13)4-5/h3-4,14H,1-2H2. The summed E-state index contributed by atoms with van der Waals surface area (Å²) in [5.74, 6) is 0.226. The van der Waals surface area contributed by atoms with Crippen LogP contribution >= 0.6 is 31.9 Å². The quantitative estimate of drug-likeness (QED) is 0.783. The molecule has 0 unspecified atom stereocenters. The van der Waals surface area contributed by atoms with Crippen LogP contribution in [0.4, 0.5) is 0 Å². The first-order valence-electron chi connectivity index (χ1n) is 4.69. The highest BCUT2D eigenvalue weighted by atomic mass is 79.9. The van der Waals surface area contributed by atoms with Crippen LogP contribution in [0.25, 0.3) is 10.9 Å². The van der Waals surface area contributed by atoms with E-state index in [0.29, 0.717) is 6.42 Å². The summed E-state index contributed by atoms with van der Waals surface area (Å²) in [6.07, 6.45) is 1.50. The summed E-state index contributed by atoms with van der Waals surface area (Å²) >= 11 is 6.96. The number of Topliss-reactive ketones (excluding diaryl/α,β-unsaturated/α-hetero) is 1. The van der Waals surface area contributed by atoms with E-state index in [2.05, 4.69) is 42.9 Å². The smallest absolute Gasteiger partial charge is 0.179 e. The van der Waals surface area contributed by atoms with Gasteiger partial charge in [-0.25, -0.2) is 0 Å². The van der Waals surface area contributed by atoms with Gasteiger partial charge in [0.25, 0.3) is 0 Å². The van der Waals surface area contributed by atoms with Crippen molar-refractivity contribution in [3.05, 3.63) is 32.3 Å². The van der Waals surface area contributed by atoms with E-state index >= 15 is 0 Å². The van der Waals surface area contributed by atoms with Crippen LogP contribution < -0.4 is 0 Å². The van der Waals surface area contributed by atoms with Crippen LogP contribution in [0.2, 0.25) is 0 Å². The van der Waals surface area contributed by atoms with E-state index in [0.717, 1.165) is 37.5 Å². The van der Waals surface area contributed by atoms with Gasteiger partial charge in [-0.05, 0) is 40.0 Å². The van der Waals surface area contributed by atoms with E-state index in [1.165, 1.54) is 0 Å². The van der Waals surface area contributed by atoms with Crippen LogP contribution in [-0.2, 0) is 6.42 Å². The normalized spacial score (nSPS) is 14.9. The molecule has 0 amide bonds. The number of benzene rings is 1. The molecular formula is C11H7Br2NO. The fraction of sp³-hybridized carbons (Fsp3) is 0.182. The Hall–Kier alpha value is -0.610. The van der Waals surface area contributed by atoms with Crippen molar-refractivity contribution >= 4 is 48.5 Å². The van der Waals surface area contributed by atoms with Gasteiger partial charge >= 0.3 is 0 Å². The Balaban J connectivity index is 2.44. The molecule has 0 fully saturated rings. The number of aryl methyl sites for hydroxylation is 1. The molecule has 15 heavy (non-hydrogen) atoms. The molecule has 0 radical (unpaired) electrons. The Morgan fingerprint density at radius 1 is 1.20 bits per heavy atom. The highest BCUT2D eigenvalue weighted by Gasteiger charge is 2.24. The maximum absolute atomic E-state index is 11.6. The number of halogens is 2. The molecule has 4 heteroatoms. The first-order chi connectivity index (χ1) is 7.16. The zero-order valence-electron chi connectivity index (χ0n) is 7.73. The number of hydrogen-bond donors (Lipinski definition) is 1. The molecule has 1 heterocycles. The third-order valence-corrected chi connectivity index (χ3v) is 3.90. The van der Waals surface area contributed by atoms with Gasteiger partial charge in [-0.1, -0.05) is 15.9 Å². The van der Waals surface area contributed by atoms with Crippen LogP contribution in [0.15, 0.2) is 21.1 Å². The van der Waals surface area contributed by atoms with Crippen molar-refractivity contribution in [3.63, 3.8) is 0 Å². The second kappa shape index (κ2) is 3.19. The van der Waals surface area contributed by atoms with Crippen molar-refractivity contribution in [2.75, 3.05) is 0 Å². The molecule has 1 N–H and O–H groups in total. The molecule has 1 aromatic heterocycles.